The van der Waals surface area contributed by atoms with Crippen molar-refractivity contribution in [1.29, 1.82) is 5.26 Å². The molecule has 0 bridgehead atoms. The minimum atomic E-state index is -0.527. The summed E-state index contributed by atoms with van der Waals surface area (Å²) in [5.74, 6) is 0.110. The van der Waals surface area contributed by atoms with Crippen LogP contribution in [0.1, 0.15) is 35.7 Å². The van der Waals surface area contributed by atoms with Crippen LogP contribution in [0.5, 0.6) is 0 Å². The first-order valence-electron chi connectivity index (χ1n) is 9.37. The Morgan fingerprint density at radius 3 is 2.70 bits per heavy atom. The molecule has 1 amide bonds. The average Bonchev–Trinajstić information content (AvgIpc) is 2.68. The molecule has 1 aliphatic heterocycles. The third-order valence-electron chi connectivity index (χ3n) is 5.02. The number of rotatable bonds is 5. The summed E-state index contributed by atoms with van der Waals surface area (Å²) in [6.45, 7) is 5.99. The van der Waals surface area contributed by atoms with E-state index in [2.05, 4.69) is 17.1 Å². The molecular formula is C22H24FN3O. The highest BCUT2D eigenvalue weighted by atomic mass is 19.1. The molecule has 0 radical (unpaired) electrons. The summed E-state index contributed by atoms with van der Waals surface area (Å²) in [6, 6.07) is 13.4. The number of hydrogen-bond donors (Lipinski definition) is 1. The van der Waals surface area contributed by atoms with Crippen molar-refractivity contribution in [1.82, 2.24) is 10.2 Å². The molecule has 1 aliphatic rings. The lowest BCUT2D eigenvalue weighted by molar-refractivity contribution is 0.0944. The second-order valence-corrected chi connectivity index (χ2v) is 7.19. The van der Waals surface area contributed by atoms with Crippen LogP contribution >= 0.6 is 0 Å². The van der Waals surface area contributed by atoms with Crippen molar-refractivity contribution in [3.63, 3.8) is 0 Å². The van der Waals surface area contributed by atoms with E-state index < -0.39 is 5.82 Å². The molecule has 0 aromatic heterocycles. The maximum absolute atomic E-state index is 13.5. The Balaban J connectivity index is 1.56. The molecule has 1 atom stereocenters. The van der Waals surface area contributed by atoms with Crippen LogP contribution in [0.25, 0.3) is 11.1 Å². The van der Waals surface area contributed by atoms with Gasteiger partial charge in [-0.3, -0.25) is 4.79 Å². The fourth-order valence-electron chi connectivity index (χ4n) is 3.52. The van der Waals surface area contributed by atoms with Crippen molar-refractivity contribution in [2.45, 2.75) is 19.8 Å². The van der Waals surface area contributed by atoms with E-state index in [1.165, 1.54) is 25.0 Å². The molecule has 27 heavy (non-hydrogen) atoms. The summed E-state index contributed by atoms with van der Waals surface area (Å²) in [6.07, 6.45) is 2.52. The van der Waals surface area contributed by atoms with Gasteiger partial charge in [-0.25, -0.2) is 4.39 Å². The molecule has 0 saturated carbocycles. The van der Waals surface area contributed by atoms with Gasteiger partial charge in [-0.1, -0.05) is 25.1 Å². The van der Waals surface area contributed by atoms with Gasteiger partial charge in [0.15, 0.2) is 0 Å². The van der Waals surface area contributed by atoms with Crippen LogP contribution in [0.3, 0.4) is 0 Å². The minimum absolute atomic E-state index is 0.0151. The third kappa shape index (κ3) is 4.93. The van der Waals surface area contributed by atoms with E-state index >= 15 is 0 Å². The molecule has 0 aliphatic carbocycles. The van der Waals surface area contributed by atoms with E-state index in [-0.39, 0.29) is 11.5 Å². The van der Waals surface area contributed by atoms with Gasteiger partial charge in [0.05, 0.1) is 5.56 Å². The smallest absolute Gasteiger partial charge is 0.251 e. The Morgan fingerprint density at radius 2 is 2.00 bits per heavy atom. The van der Waals surface area contributed by atoms with Crippen LogP contribution in [0, 0.1) is 23.1 Å². The van der Waals surface area contributed by atoms with Crippen LogP contribution in [-0.4, -0.2) is 37.0 Å². The Kier molecular flexibility index (Phi) is 6.20. The van der Waals surface area contributed by atoms with Gasteiger partial charge in [-0.15, -0.1) is 0 Å². The molecule has 5 heteroatoms. The Morgan fingerprint density at radius 1 is 1.26 bits per heavy atom. The number of carbonyl (C=O) groups excluding carboxylic acids is 1. The number of piperidine rings is 1. The maximum Gasteiger partial charge on any atom is 0.251 e. The van der Waals surface area contributed by atoms with Gasteiger partial charge in [0.2, 0.25) is 0 Å². The predicted molar refractivity (Wildman–Crippen MR) is 104 cm³/mol. The highest BCUT2D eigenvalue weighted by molar-refractivity contribution is 5.94. The quantitative estimate of drug-likeness (QED) is 0.876. The number of halogens is 1. The van der Waals surface area contributed by atoms with Crippen LogP contribution in [0.15, 0.2) is 42.5 Å². The van der Waals surface area contributed by atoms with Gasteiger partial charge in [0.25, 0.3) is 5.91 Å². The fourth-order valence-corrected chi connectivity index (χ4v) is 3.52. The largest absolute Gasteiger partial charge is 0.351 e. The van der Waals surface area contributed by atoms with Gasteiger partial charge < -0.3 is 10.2 Å². The van der Waals surface area contributed by atoms with Crippen LogP contribution in [-0.2, 0) is 0 Å². The number of likely N-dealkylation sites (tertiary alicyclic amines) is 1. The van der Waals surface area contributed by atoms with E-state index in [1.54, 1.807) is 18.2 Å². The molecule has 2 aromatic carbocycles. The highest BCUT2D eigenvalue weighted by Crippen LogP contribution is 2.22. The van der Waals surface area contributed by atoms with Gasteiger partial charge >= 0.3 is 0 Å². The van der Waals surface area contributed by atoms with Gasteiger partial charge in [0.1, 0.15) is 11.9 Å². The highest BCUT2D eigenvalue weighted by Gasteiger charge is 2.16. The van der Waals surface area contributed by atoms with Crippen molar-refractivity contribution < 1.29 is 9.18 Å². The first-order chi connectivity index (χ1) is 13.1. The molecule has 0 unspecified atom stereocenters. The summed E-state index contributed by atoms with van der Waals surface area (Å²) in [4.78, 5) is 14.7. The van der Waals surface area contributed by atoms with Crippen molar-refractivity contribution in [2.24, 2.45) is 5.92 Å². The third-order valence-corrected chi connectivity index (χ3v) is 5.02. The Hall–Kier alpha value is -2.71. The zero-order chi connectivity index (χ0) is 19.2. The standard InChI is InChI=1S/C22H24FN3O/c1-16-3-2-11-26(15-16)12-10-25-22(27)18-6-4-17(5-7-18)19-8-9-21(23)20(13-19)14-24/h4-9,13,16H,2-3,10-12,15H2,1H3,(H,25,27)/t16-/m1/s1. The normalized spacial score (nSPS) is 17.3. The molecule has 1 saturated heterocycles. The molecule has 140 valence electrons. The molecule has 1 heterocycles. The first-order valence-corrected chi connectivity index (χ1v) is 9.37. The summed E-state index contributed by atoms with van der Waals surface area (Å²) in [5, 5.41) is 11.9. The number of nitriles is 1. The van der Waals surface area contributed by atoms with Crippen molar-refractivity contribution in [3.8, 4) is 17.2 Å². The number of hydrogen-bond acceptors (Lipinski definition) is 3. The molecule has 2 aromatic rings. The van der Waals surface area contributed by atoms with Crippen molar-refractivity contribution >= 4 is 5.91 Å². The van der Waals surface area contributed by atoms with Gasteiger partial charge in [-0.05, 0) is 60.7 Å². The fraction of sp³-hybridized carbons (Fsp3) is 0.364. The molecular weight excluding hydrogens is 341 g/mol. The SMILES string of the molecule is C[C@@H]1CCCN(CCNC(=O)c2ccc(-c3ccc(F)c(C#N)c3)cc2)C1. The Bertz CT molecular complexity index is 842. The zero-order valence-electron chi connectivity index (χ0n) is 15.5. The first kappa shape index (κ1) is 19.1. The zero-order valence-corrected chi connectivity index (χ0v) is 15.5. The van der Waals surface area contributed by atoms with Gasteiger partial charge in [0, 0.05) is 25.2 Å². The van der Waals surface area contributed by atoms with Crippen molar-refractivity contribution in [3.05, 3.63) is 59.4 Å². The molecule has 1 fully saturated rings. The monoisotopic (exact) mass is 365 g/mol. The lowest BCUT2D eigenvalue weighted by Gasteiger charge is -2.30. The van der Waals surface area contributed by atoms with E-state index in [1.807, 2.05) is 18.2 Å². The van der Waals surface area contributed by atoms with Crippen LogP contribution in [0.2, 0.25) is 0 Å². The topological polar surface area (TPSA) is 56.1 Å². The molecule has 0 spiro atoms. The summed E-state index contributed by atoms with van der Waals surface area (Å²) in [5.41, 5.74) is 2.19. The average molecular weight is 365 g/mol. The summed E-state index contributed by atoms with van der Waals surface area (Å²) in [7, 11) is 0. The maximum atomic E-state index is 13.5. The number of benzene rings is 2. The van der Waals surface area contributed by atoms with E-state index in [0.717, 1.165) is 36.7 Å². The predicted octanol–water partition coefficient (Wildman–Crippen LogP) is 3.83. The second kappa shape index (κ2) is 8.79. The number of nitrogens with zero attached hydrogens (tertiary/aromatic N) is 2. The Labute approximate surface area is 159 Å². The molecule has 1 N–H and O–H groups in total. The van der Waals surface area contributed by atoms with E-state index in [4.69, 9.17) is 5.26 Å². The van der Waals surface area contributed by atoms with Crippen molar-refractivity contribution in [2.75, 3.05) is 26.2 Å². The number of nitrogens with one attached hydrogen (secondary N) is 1. The summed E-state index contributed by atoms with van der Waals surface area (Å²) >= 11 is 0. The lowest BCUT2D eigenvalue weighted by Crippen LogP contribution is -2.40. The summed E-state index contributed by atoms with van der Waals surface area (Å²) < 4.78 is 13.5. The minimum Gasteiger partial charge on any atom is -0.351 e. The number of amides is 1. The lowest BCUT2D eigenvalue weighted by atomic mass is 10.0. The van der Waals surface area contributed by atoms with E-state index in [0.29, 0.717) is 12.1 Å². The number of carbonyl (C=O) groups is 1. The van der Waals surface area contributed by atoms with E-state index in [9.17, 15) is 9.18 Å². The van der Waals surface area contributed by atoms with Crippen LogP contribution in [0.4, 0.5) is 4.39 Å². The van der Waals surface area contributed by atoms with Crippen LogP contribution < -0.4 is 5.32 Å². The molecule has 3 rings (SSSR count). The molecule has 4 nitrogen and oxygen atoms in total. The van der Waals surface area contributed by atoms with Gasteiger partial charge in [-0.2, -0.15) is 5.26 Å². The second-order valence-electron chi connectivity index (χ2n) is 7.19.